The molecule has 2 amide bonds. The van der Waals surface area contributed by atoms with E-state index in [0.717, 1.165) is 4.90 Å². The first-order valence-corrected chi connectivity index (χ1v) is 3.29. The fourth-order valence-corrected chi connectivity index (χ4v) is 0.949. The van der Waals surface area contributed by atoms with E-state index in [0.29, 0.717) is 0 Å². The Kier molecular flexibility index (Phi) is 1.99. The molecule has 1 fully saturated rings. The molecular weight excluding hydrogens is 164 g/mol. The van der Waals surface area contributed by atoms with Crippen LogP contribution in [0.25, 0.3) is 0 Å². The molecule has 0 aromatic carbocycles. The SMILES string of the molecule is CN1CC(=O)NC(C(=O)O)C1=O. The van der Waals surface area contributed by atoms with Crippen molar-refractivity contribution >= 4 is 17.8 Å². The minimum absolute atomic E-state index is 0.0807. The third kappa shape index (κ3) is 1.36. The zero-order chi connectivity index (χ0) is 9.30. The van der Waals surface area contributed by atoms with Crippen molar-refractivity contribution in [2.45, 2.75) is 6.04 Å². The Morgan fingerprint density at radius 1 is 1.67 bits per heavy atom. The molecule has 0 saturated carbocycles. The van der Waals surface area contributed by atoms with E-state index in [1.165, 1.54) is 7.05 Å². The summed E-state index contributed by atoms with van der Waals surface area (Å²) in [5, 5.41) is 10.5. The van der Waals surface area contributed by atoms with E-state index in [-0.39, 0.29) is 6.54 Å². The zero-order valence-electron chi connectivity index (χ0n) is 6.40. The molecule has 2 N–H and O–H groups in total. The number of rotatable bonds is 1. The number of piperazine rings is 1. The Bertz CT molecular complexity index is 250. The van der Waals surface area contributed by atoms with Gasteiger partial charge in [-0.15, -0.1) is 0 Å². The summed E-state index contributed by atoms with van der Waals surface area (Å²) in [6.45, 7) is -0.0807. The van der Waals surface area contributed by atoms with Gasteiger partial charge in [-0.1, -0.05) is 0 Å². The van der Waals surface area contributed by atoms with Crippen LogP contribution in [0.1, 0.15) is 0 Å². The molecule has 1 unspecified atom stereocenters. The fourth-order valence-electron chi connectivity index (χ4n) is 0.949. The highest BCUT2D eigenvalue weighted by atomic mass is 16.4. The van der Waals surface area contributed by atoms with E-state index >= 15 is 0 Å². The predicted molar refractivity (Wildman–Crippen MR) is 37.2 cm³/mol. The summed E-state index contributed by atoms with van der Waals surface area (Å²) in [5.41, 5.74) is 0. The molecule has 6 nitrogen and oxygen atoms in total. The lowest BCUT2D eigenvalue weighted by molar-refractivity contribution is -0.153. The summed E-state index contributed by atoms with van der Waals surface area (Å²) in [6, 6.07) is -1.42. The number of carbonyl (C=O) groups excluding carboxylic acids is 2. The Hall–Kier alpha value is -1.59. The van der Waals surface area contributed by atoms with Gasteiger partial charge in [0.25, 0.3) is 5.91 Å². The summed E-state index contributed by atoms with van der Waals surface area (Å²) in [4.78, 5) is 33.3. The Balaban J connectivity index is 2.80. The van der Waals surface area contributed by atoms with Crippen molar-refractivity contribution < 1.29 is 19.5 Å². The number of likely N-dealkylation sites (N-methyl/N-ethyl adjacent to an activating group) is 1. The van der Waals surface area contributed by atoms with Gasteiger partial charge in [0.1, 0.15) is 0 Å². The topological polar surface area (TPSA) is 86.7 Å². The molecular formula is C6H8N2O4. The summed E-state index contributed by atoms with van der Waals surface area (Å²) in [5.74, 6) is -2.38. The summed E-state index contributed by atoms with van der Waals surface area (Å²) in [6.07, 6.45) is 0. The van der Waals surface area contributed by atoms with E-state index in [1.54, 1.807) is 0 Å². The van der Waals surface area contributed by atoms with Crippen molar-refractivity contribution in [3.05, 3.63) is 0 Å². The standard InChI is InChI=1S/C6H8N2O4/c1-8-2-3(9)7-4(5(8)10)6(11)12/h4H,2H2,1H3,(H,7,9)(H,11,12). The molecule has 1 rings (SSSR count). The molecule has 66 valence electrons. The molecule has 1 saturated heterocycles. The lowest BCUT2D eigenvalue weighted by atomic mass is 10.2. The van der Waals surface area contributed by atoms with Crippen molar-refractivity contribution in [2.24, 2.45) is 0 Å². The number of amides is 2. The van der Waals surface area contributed by atoms with Crippen LogP contribution in [-0.4, -0.2) is 47.4 Å². The Labute approximate surface area is 68.1 Å². The van der Waals surface area contributed by atoms with Gasteiger partial charge in [-0.25, -0.2) is 4.79 Å². The molecule has 0 aliphatic carbocycles. The van der Waals surface area contributed by atoms with Crippen LogP contribution in [0.4, 0.5) is 0 Å². The van der Waals surface area contributed by atoms with Gasteiger partial charge in [0.15, 0.2) is 0 Å². The first-order valence-electron chi connectivity index (χ1n) is 3.29. The second-order valence-corrected chi connectivity index (χ2v) is 2.53. The number of hydrogen-bond acceptors (Lipinski definition) is 3. The summed E-state index contributed by atoms with van der Waals surface area (Å²) >= 11 is 0. The number of carboxylic acids is 1. The van der Waals surface area contributed by atoms with Gasteiger partial charge in [0, 0.05) is 7.05 Å². The Morgan fingerprint density at radius 3 is 2.75 bits per heavy atom. The molecule has 1 aliphatic rings. The van der Waals surface area contributed by atoms with E-state index in [9.17, 15) is 14.4 Å². The molecule has 1 aliphatic heterocycles. The van der Waals surface area contributed by atoms with Gasteiger partial charge < -0.3 is 15.3 Å². The minimum Gasteiger partial charge on any atom is -0.479 e. The molecule has 0 bridgehead atoms. The van der Waals surface area contributed by atoms with Crippen LogP contribution in [0, 0.1) is 0 Å². The van der Waals surface area contributed by atoms with Crippen molar-refractivity contribution in [1.29, 1.82) is 0 Å². The highest BCUT2D eigenvalue weighted by molar-refractivity contribution is 6.07. The third-order valence-electron chi connectivity index (χ3n) is 1.56. The molecule has 12 heavy (non-hydrogen) atoms. The van der Waals surface area contributed by atoms with Crippen LogP contribution in [0.2, 0.25) is 0 Å². The van der Waals surface area contributed by atoms with Crippen molar-refractivity contribution in [3.63, 3.8) is 0 Å². The van der Waals surface area contributed by atoms with E-state index < -0.39 is 23.8 Å². The van der Waals surface area contributed by atoms with Gasteiger partial charge in [0.05, 0.1) is 6.54 Å². The van der Waals surface area contributed by atoms with Crippen LogP contribution in [0.5, 0.6) is 0 Å². The molecule has 6 heteroatoms. The van der Waals surface area contributed by atoms with Crippen molar-refractivity contribution in [3.8, 4) is 0 Å². The van der Waals surface area contributed by atoms with Gasteiger partial charge >= 0.3 is 5.97 Å². The fraction of sp³-hybridized carbons (Fsp3) is 0.500. The number of nitrogens with one attached hydrogen (secondary N) is 1. The number of aliphatic carboxylic acids is 1. The maximum atomic E-state index is 11.0. The van der Waals surface area contributed by atoms with Gasteiger partial charge in [0.2, 0.25) is 11.9 Å². The number of carboxylic acid groups (broad SMARTS) is 1. The largest absolute Gasteiger partial charge is 0.479 e. The zero-order valence-corrected chi connectivity index (χ0v) is 6.40. The van der Waals surface area contributed by atoms with Gasteiger partial charge in [-0.2, -0.15) is 0 Å². The van der Waals surface area contributed by atoms with Gasteiger partial charge in [-0.05, 0) is 0 Å². The average molecular weight is 172 g/mol. The monoisotopic (exact) mass is 172 g/mol. The highest BCUT2D eigenvalue weighted by Gasteiger charge is 2.35. The lowest BCUT2D eigenvalue weighted by Gasteiger charge is -2.26. The average Bonchev–Trinajstić information content (AvgIpc) is 1.96. The first-order chi connectivity index (χ1) is 5.52. The van der Waals surface area contributed by atoms with E-state index in [1.807, 2.05) is 0 Å². The van der Waals surface area contributed by atoms with Gasteiger partial charge in [-0.3, -0.25) is 9.59 Å². The lowest BCUT2D eigenvalue weighted by Crippen LogP contribution is -2.59. The van der Waals surface area contributed by atoms with Crippen LogP contribution in [0.15, 0.2) is 0 Å². The van der Waals surface area contributed by atoms with Crippen LogP contribution >= 0.6 is 0 Å². The maximum absolute atomic E-state index is 11.0. The predicted octanol–water partition coefficient (Wildman–Crippen LogP) is -1.97. The number of hydrogen-bond donors (Lipinski definition) is 2. The van der Waals surface area contributed by atoms with E-state index in [4.69, 9.17) is 5.11 Å². The van der Waals surface area contributed by atoms with Crippen molar-refractivity contribution in [1.82, 2.24) is 10.2 Å². The normalized spacial score (nSPS) is 23.8. The molecule has 0 spiro atoms. The Morgan fingerprint density at radius 2 is 2.25 bits per heavy atom. The quantitative estimate of drug-likeness (QED) is 0.449. The van der Waals surface area contributed by atoms with Crippen LogP contribution < -0.4 is 5.32 Å². The number of carbonyl (C=O) groups is 3. The summed E-state index contributed by atoms with van der Waals surface area (Å²) in [7, 11) is 1.39. The highest BCUT2D eigenvalue weighted by Crippen LogP contribution is 1.99. The summed E-state index contributed by atoms with van der Waals surface area (Å²) < 4.78 is 0. The first kappa shape index (κ1) is 8.51. The third-order valence-corrected chi connectivity index (χ3v) is 1.56. The van der Waals surface area contributed by atoms with Crippen molar-refractivity contribution in [2.75, 3.05) is 13.6 Å². The molecule has 0 aromatic rings. The maximum Gasteiger partial charge on any atom is 0.336 e. The molecule has 1 heterocycles. The second kappa shape index (κ2) is 2.80. The molecule has 0 aromatic heterocycles. The van der Waals surface area contributed by atoms with Crippen LogP contribution in [-0.2, 0) is 14.4 Å². The minimum atomic E-state index is -1.42. The molecule has 1 atom stereocenters. The number of nitrogens with zero attached hydrogens (tertiary/aromatic N) is 1. The van der Waals surface area contributed by atoms with E-state index in [2.05, 4.69) is 5.32 Å². The molecule has 0 radical (unpaired) electrons. The second-order valence-electron chi connectivity index (χ2n) is 2.53. The van der Waals surface area contributed by atoms with Crippen LogP contribution in [0.3, 0.4) is 0 Å². The smallest absolute Gasteiger partial charge is 0.336 e.